The van der Waals surface area contributed by atoms with E-state index < -0.39 is 0 Å². The first-order valence-corrected chi connectivity index (χ1v) is 6.39. The molecule has 104 valence electrons. The average molecular weight is 270 g/mol. The Morgan fingerprint density at radius 3 is 2.55 bits per heavy atom. The van der Waals surface area contributed by atoms with Crippen LogP contribution in [0.5, 0.6) is 5.75 Å². The maximum atomic E-state index is 9.23. The average Bonchev–Trinajstić information content (AvgIpc) is 2.82. The molecule has 0 aliphatic rings. The summed E-state index contributed by atoms with van der Waals surface area (Å²) < 4.78 is 7.09. The summed E-state index contributed by atoms with van der Waals surface area (Å²) in [6, 6.07) is 7.95. The second-order valence-corrected chi connectivity index (χ2v) is 5.74. The Labute approximate surface area is 118 Å². The van der Waals surface area contributed by atoms with Crippen molar-refractivity contribution in [1.82, 2.24) is 15.0 Å². The summed E-state index contributed by atoms with van der Waals surface area (Å²) >= 11 is 0. The zero-order chi connectivity index (χ0) is 14.9. The molecule has 0 aliphatic heterocycles. The number of nitriles is 1. The summed E-state index contributed by atoms with van der Waals surface area (Å²) in [4.78, 5) is 0. The van der Waals surface area contributed by atoms with Gasteiger partial charge in [-0.3, -0.25) is 0 Å². The van der Waals surface area contributed by atoms with Gasteiger partial charge in [-0.1, -0.05) is 32.1 Å². The molecular formula is C15H18N4O. The Morgan fingerprint density at radius 1 is 1.30 bits per heavy atom. The van der Waals surface area contributed by atoms with Crippen molar-refractivity contribution in [2.75, 3.05) is 7.11 Å². The molecular weight excluding hydrogens is 252 g/mol. The van der Waals surface area contributed by atoms with E-state index in [9.17, 15) is 5.26 Å². The van der Waals surface area contributed by atoms with Gasteiger partial charge in [-0.15, -0.1) is 5.10 Å². The normalized spacial score (nSPS) is 11.2. The molecule has 0 saturated heterocycles. The van der Waals surface area contributed by atoms with Crippen molar-refractivity contribution in [3.05, 3.63) is 35.2 Å². The number of benzene rings is 1. The third-order valence-corrected chi connectivity index (χ3v) is 3.05. The second kappa shape index (κ2) is 4.97. The van der Waals surface area contributed by atoms with E-state index in [0.717, 1.165) is 16.9 Å². The number of hydrogen-bond acceptors (Lipinski definition) is 4. The minimum atomic E-state index is -0.247. The number of ether oxygens (including phenoxy) is 1. The van der Waals surface area contributed by atoms with Crippen LogP contribution in [0.3, 0.4) is 0 Å². The fourth-order valence-electron chi connectivity index (χ4n) is 2.16. The lowest BCUT2D eigenvalue weighted by molar-refractivity contribution is 0.409. The van der Waals surface area contributed by atoms with Crippen LogP contribution in [0, 0.1) is 18.3 Å². The van der Waals surface area contributed by atoms with E-state index in [-0.39, 0.29) is 5.41 Å². The fraction of sp³-hybridized carbons (Fsp3) is 0.400. The number of hydrogen-bond donors (Lipinski definition) is 0. The van der Waals surface area contributed by atoms with Gasteiger partial charge in [0.2, 0.25) is 0 Å². The van der Waals surface area contributed by atoms with Crippen LogP contribution in [0.2, 0.25) is 0 Å². The van der Waals surface area contributed by atoms with Gasteiger partial charge in [-0.2, -0.15) is 5.26 Å². The maximum Gasteiger partial charge on any atom is 0.186 e. The fourth-order valence-corrected chi connectivity index (χ4v) is 2.16. The molecule has 0 N–H and O–H groups in total. The summed E-state index contributed by atoms with van der Waals surface area (Å²) in [6.07, 6.45) is 0. The smallest absolute Gasteiger partial charge is 0.186 e. The molecule has 0 fully saturated rings. The lowest BCUT2D eigenvalue weighted by atomic mass is 9.90. The van der Waals surface area contributed by atoms with Crippen LogP contribution < -0.4 is 4.74 Å². The number of rotatable bonds is 2. The Bertz CT molecular complexity index is 674. The Balaban J connectivity index is 2.75. The van der Waals surface area contributed by atoms with Gasteiger partial charge in [0.1, 0.15) is 17.5 Å². The number of nitrogens with zero attached hydrogens (tertiary/aromatic N) is 4. The van der Waals surface area contributed by atoms with E-state index in [0.29, 0.717) is 11.4 Å². The molecule has 0 atom stereocenters. The highest BCUT2D eigenvalue weighted by Gasteiger charge is 2.27. The summed E-state index contributed by atoms with van der Waals surface area (Å²) in [6.45, 7) is 8.10. The van der Waals surface area contributed by atoms with Crippen molar-refractivity contribution in [3.8, 4) is 17.5 Å². The summed E-state index contributed by atoms with van der Waals surface area (Å²) in [5, 5.41) is 17.3. The van der Waals surface area contributed by atoms with Crippen molar-refractivity contribution < 1.29 is 4.74 Å². The van der Waals surface area contributed by atoms with Gasteiger partial charge < -0.3 is 4.74 Å². The van der Waals surface area contributed by atoms with Crippen LogP contribution in [-0.4, -0.2) is 22.1 Å². The molecule has 5 nitrogen and oxygen atoms in total. The zero-order valence-corrected chi connectivity index (χ0v) is 12.4. The van der Waals surface area contributed by atoms with Gasteiger partial charge >= 0.3 is 0 Å². The number of aryl methyl sites for hydroxylation is 1. The molecule has 0 radical (unpaired) electrons. The number of aromatic nitrogens is 3. The van der Waals surface area contributed by atoms with E-state index in [4.69, 9.17) is 4.74 Å². The van der Waals surface area contributed by atoms with Crippen LogP contribution in [0.25, 0.3) is 5.69 Å². The van der Waals surface area contributed by atoms with Crippen LogP contribution in [0.4, 0.5) is 0 Å². The van der Waals surface area contributed by atoms with Crippen LogP contribution in [-0.2, 0) is 5.41 Å². The van der Waals surface area contributed by atoms with Gasteiger partial charge in [0.15, 0.2) is 5.69 Å². The summed E-state index contributed by atoms with van der Waals surface area (Å²) in [5.41, 5.74) is 2.77. The summed E-state index contributed by atoms with van der Waals surface area (Å²) in [7, 11) is 1.62. The highest BCUT2D eigenvalue weighted by Crippen LogP contribution is 2.30. The minimum Gasteiger partial charge on any atom is -0.494 e. The molecule has 0 unspecified atom stereocenters. The first-order valence-electron chi connectivity index (χ1n) is 6.39. The molecule has 20 heavy (non-hydrogen) atoms. The van der Waals surface area contributed by atoms with Gasteiger partial charge in [0, 0.05) is 5.41 Å². The Kier molecular flexibility index (Phi) is 3.49. The lowest BCUT2D eigenvalue weighted by Crippen LogP contribution is -2.19. The highest BCUT2D eigenvalue weighted by atomic mass is 16.5. The van der Waals surface area contributed by atoms with Crippen molar-refractivity contribution >= 4 is 0 Å². The molecule has 1 aromatic heterocycles. The molecule has 0 bridgehead atoms. The molecule has 0 saturated carbocycles. The molecule has 2 rings (SSSR count). The Hall–Kier alpha value is -2.35. The second-order valence-electron chi connectivity index (χ2n) is 5.74. The molecule has 1 heterocycles. The van der Waals surface area contributed by atoms with Gasteiger partial charge in [0.25, 0.3) is 0 Å². The summed E-state index contributed by atoms with van der Waals surface area (Å²) in [5.74, 6) is 0.704. The first kappa shape index (κ1) is 14.1. The zero-order valence-electron chi connectivity index (χ0n) is 12.4. The van der Waals surface area contributed by atoms with E-state index in [1.54, 1.807) is 11.8 Å². The van der Waals surface area contributed by atoms with Crippen molar-refractivity contribution in [2.24, 2.45) is 0 Å². The lowest BCUT2D eigenvalue weighted by Gasteiger charge is -2.21. The molecule has 5 heteroatoms. The number of methoxy groups -OCH3 is 1. The molecule has 0 spiro atoms. The predicted molar refractivity (Wildman–Crippen MR) is 76.1 cm³/mol. The monoisotopic (exact) mass is 270 g/mol. The first-order chi connectivity index (χ1) is 9.38. The van der Waals surface area contributed by atoms with Crippen LogP contribution >= 0.6 is 0 Å². The van der Waals surface area contributed by atoms with E-state index in [2.05, 4.69) is 16.4 Å². The van der Waals surface area contributed by atoms with E-state index >= 15 is 0 Å². The molecule has 0 amide bonds. The van der Waals surface area contributed by atoms with Gasteiger partial charge in [-0.25, -0.2) is 4.68 Å². The third kappa shape index (κ3) is 2.37. The van der Waals surface area contributed by atoms with Crippen molar-refractivity contribution in [1.29, 1.82) is 5.26 Å². The third-order valence-electron chi connectivity index (χ3n) is 3.05. The topological polar surface area (TPSA) is 63.7 Å². The van der Waals surface area contributed by atoms with E-state index in [1.165, 1.54) is 0 Å². The maximum absolute atomic E-state index is 9.23. The highest BCUT2D eigenvalue weighted by molar-refractivity contribution is 5.50. The standard InChI is InChI=1S/C15H18N4O/c1-10-6-7-13(20-5)12(8-10)19-14(15(2,3)4)11(9-16)17-18-19/h6-8H,1-5H3. The quantitative estimate of drug-likeness (QED) is 0.841. The molecule has 1 aromatic carbocycles. The Morgan fingerprint density at radius 2 is 2.00 bits per heavy atom. The SMILES string of the molecule is COc1ccc(C)cc1-n1nnc(C#N)c1C(C)(C)C. The predicted octanol–water partition coefficient (Wildman–Crippen LogP) is 2.75. The van der Waals surface area contributed by atoms with Crippen LogP contribution in [0.15, 0.2) is 18.2 Å². The molecule has 0 aliphatic carbocycles. The van der Waals surface area contributed by atoms with E-state index in [1.807, 2.05) is 45.9 Å². The molecule has 2 aromatic rings. The van der Waals surface area contributed by atoms with Crippen molar-refractivity contribution in [3.63, 3.8) is 0 Å². The van der Waals surface area contributed by atoms with Gasteiger partial charge in [-0.05, 0) is 24.6 Å². The van der Waals surface area contributed by atoms with Crippen molar-refractivity contribution in [2.45, 2.75) is 33.1 Å². The van der Waals surface area contributed by atoms with Crippen LogP contribution in [0.1, 0.15) is 37.7 Å². The minimum absolute atomic E-state index is 0.247. The van der Waals surface area contributed by atoms with Gasteiger partial charge in [0.05, 0.1) is 12.8 Å². The largest absolute Gasteiger partial charge is 0.494 e.